The Morgan fingerprint density at radius 2 is 1.22 bits per heavy atom. The van der Waals surface area contributed by atoms with Crippen LogP contribution in [0.4, 0.5) is 0 Å². The number of carbonyl (C=O) groups is 2. The SMILES string of the molecule is BrCc1ccccc1.COC(=O)[C@@H](C)Cc1cccc(Br)c1.COC(=O)[C@@H](N)Cc1cccc(Br)c1. The van der Waals surface area contributed by atoms with Crippen LogP contribution >= 0.6 is 47.8 Å². The smallest absolute Gasteiger partial charge is 0.322 e. The van der Waals surface area contributed by atoms with Gasteiger partial charge in [-0.1, -0.05) is 109 Å². The Morgan fingerprint density at radius 3 is 1.64 bits per heavy atom. The molecule has 2 N–H and O–H groups in total. The lowest BCUT2D eigenvalue weighted by Crippen LogP contribution is -2.33. The molecule has 0 saturated carbocycles. The maximum absolute atomic E-state index is 11.2. The topological polar surface area (TPSA) is 78.6 Å². The summed E-state index contributed by atoms with van der Waals surface area (Å²) in [6, 6.07) is 25.3. The number of esters is 2. The average molecular weight is 686 g/mol. The minimum atomic E-state index is -0.589. The lowest BCUT2D eigenvalue weighted by Gasteiger charge is -2.08. The summed E-state index contributed by atoms with van der Waals surface area (Å²) in [6.45, 7) is 1.87. The summed E-state index contributed by atoms with van der Waals surface area (Å²) in [4.78, 5) is 22.2. The second-order valence-corrected chi connectivity index (χ2v) is 10.2. The molecule has 0 spiro atoms. The molecule has 0 aromatic heterocycles. The Hall–Kier alpha value is -2.00. The van der Waals surface area contributed by atoms with Crippen molar-refractivity contribution in [2.45, 2.75) is 31.1 Å². The van der Waals surface area contributed by atoms with Gasteiger partial charge in [0.15, 0.2) is 0 Å². The van der Waals surface area contributed by atoms with E-state index in [1.165, 1.54) is 19.8 Å². The van der Waals surface area contributed by atoms with Gasteiger partial charge in [-0.15, -0.1) is 0 Å². The van der Waals surface area contributed by atoms with Crippen LogP contribution in [0, 0.1) is 5.92 Å². The molecule has 0 aliphatic rings. The van der Waals surface area contributed by atoms with Crippen LogP contribution in [0.15, 0.2) is 87.8 Å². The fourth-order valence-electron chi connectivity index (χ4n) is 3.02. The Balaban J connectivity index is 0.000000281. The van der Waals surface area contributed by atoms with Crippen molar-refractivity contribution in [2.24, 2.45) is 11.7 Å². The monoisotopic (exact) mass is 683 g/mol. The van der Waals surface area contributed by atoms with E-state index in [9.17, 15) is 9.59 Å². The molecular formula is C28H32Br3NO4. The third kappa shape index (κ3) is 13.3. The molecule has 8 heteroatoms. The summed E-state index contributed by atoms with van der Waals surface area (Å²) < 4.78 is 11.2. The van der Waals surface area contributed by atoms with Crippen molar-refractivity contribution >= 4 is 59.7 Å². The lowest BCUT2D eigenvalue weighted by atomic mass is 10.0. The van der Waals surface area contributed by atoms with Gasteiger partial charge in [-0.25, -0.2) is 0 Å². The molecule has 0 heterocycles. The van der Waals surface area contributed by atoms with E-state index in [1.54, 1.807) is 0 Å². The van der Waals surface area contributed by atoms with E-state index in [2.05, 4.69) is 69.4 Å². The summed E-state index contributed by atoms with van der Waals surface area (Å²) in [5, 5.41) is 0.952. The molecule has 0 unspecified atom stereocenters. The normalized spacial score (nSPS) is 11.5. The van der Waals surface area contributed by atoms with Gasteiger partial charge >= 0.3 is 11.9 Å². The first-order valence-electron chi connectivity index (χ1n) is 11.2. The van der Waals surface area contributed by atoms with Crippen LogP contribution in [0.25, 0.3) is 0 Å². The van der Waals surface area contributed by atoms with Crippen molar-refractivity contribution in [3.8, 4) is 0 Å². The van der Waals surface area contributed by atoms with Crippen LogP contribution in [0.2, 0.25) is 0 Å². The Bertz CT molecular complexity index is 998. The summed E-state index contributed by atoms with van der Waals surface area (Å²) in [5.74, 6) is -0.635. The second kappa shape index (κ2) is 18.3. The highest BCUT2D eigenvalue weighted by molar-refractivity contribution is 9.10. The van der Waals surface area contributed by atoms with Crippen molar-refractivity contribution < 1.29 is 19.1 Å². The molecule has 0 aliphatic carbocycles. The molecule has 194 valence electrons. The predicted octanol–water partition coefficient (Wildman–Crippen LogP) is 6.87. The zero-order valence-electron chi connectivity index (χ0n) is 20.6. The number of ether oxygens (including phenoxy) is 2. The first-order valence-corrected chi connectivity index (χ1v) is 13.9. The van der Waals surface area contributed by atoms with Crippen LogP contribution < -0.4 is 5.73 Å². The van der Waals surface area contributed by atoms with Gasteiger partial charge in [-0.2, -0.15) is 0 Å². The molecule has 0 radical (unpaired) electrons. The van der Waals surface area contributed by atoms with Gasteiger partial charge in [0.2, 0.25) is 0 Å². The first kappa shape index (κ1) is 32.0. The molecule has 0 saturated heterocycles. The van der Waals surface area contributed by atoms with E-state index in [0.29, 0.717) is 12.8 Å². The van der Waals surface area contributed by atoms with Gasteiger partial charge in [0, 0.05) is 14.3 Å². The molecule has 0 fully saturated rings. The third-order valence-electron chi connectivity index (χ3n) is 4.88. The van der Waals surface area contributed by atoms with E-state index in [-0.39, 0.29) is 17.9 Å². The van der Waals surface area contributed by atoms with Gasteiger partial charge in [-0.05, 0) is 53.8 Å². The van der Waals surface area contributed by atoms with Gasteiger partial charge < -0.3 is 15.2 Å². The van der Waals surface area contributed by atoms with Gasteiger partial charge in [0.1, 0.15) is 6.04 Å². The second-order valence-electron chi connectivity index (χ2n) is 7.84. The highest BCUT2D eigenvalue weighted by Gasteiger charge is 2.14. The Kier molecular flexibility index (Phi) is 16.3. The zero-order chi connectivity index (χ0) is 26.9. The first-order chi connectivity index (χ1) is 17.2. The van der Waals surface area contributed by atoms with Crippen molar-refractivity contribution in [1.82, 2.24) is 0 Å². The van der Waals surface area contributed by atoms with Crippen LogP contribution in [-0.4, -0.2) is 32.2 Å². The minimum absolute atomic E-state index is 0.0886. The van der Waals surface area contributed by atoms with E-state index in [1.807, 2.05) is 73.7 Å². The molecule has 36 heavy (non-hydrogen) atoms. The number of halogens is 3. The van der Waals surface area contributed by atoms with Crippen molar-refractivity contribution in [1.29, 1.82) is 0 Å². The number of carbonyl (C=O) groups excluding carboxylic acids is 2. The molecule has 3 aromatic carbocycles. The molecule has 0 aliphatic heterocycles. The summed E-state index contributed by atoms with van der Waals surface area (Å²) in [5.41, 5.74) is 9.09. The van der Waals surface area contributed by atoms with Crippen LogP contribution in [0.5, 0.6) is 0 Å². The van der Waals surface area contributed by atoms with Crippen molar-refractivity contribution in [3.63, 3.8) is 0 Å². The number of rotatable bonds is 7. The fourth-order valence-corrected chi connectivity index (χ4v) is 4.29. The Labute approximate surface area is 239 Å². The lowest BCUT2D eigenvalue weighted by molar-refractivity contribution is -0.145. The quantitative estimate of drug-likeness (QED) is 0.217. The van der Waals surface area contributed by atoms with Crippen molar-refractivity contribution in [2.75, 3.05) is 14.2 Å². The minimum Gasteiger partial charge on any atom is -0.469 e. The molecule has 0 bridgehead atoms. The highest BCUT2D eigenvalue weighted by Crippen LogP contribution is 2.16. The largest absolute Gasteiger partial charge is 0.469 e. The highest BCUT2D eigenvalue weighted by atomic mass is 79.9. The van der Waals surface area contributed by atoms with Crippen LogP contribution in [0.1, 0.15) is 23.6 Å². The number of nitrogens with two attached hydrogens (primary N) is 1. The number of alkyl halides is 1. The third-order valence-corrected chi connectivity index (χ3v) is 6.51. The number of hydrogen-bond donors (Lipinski definition) is 1. The molecule has 3 aromatic rings. The van der Waals surface area contributed by atoms with E-state index in [0.717, 1.165) is 25.4 Å². The Morgan fingerprint density at radius 1 is 0.750 bits per heavy atom. The maximum Gasteiger partial charge on any atom is 0.322 e. The maximum atomic E-state index is 11.2. The van der Waals surface area contributed by atoms with E-state index >= 15 is 0 Å². The van der Waals surface area contributed by atoms with Crippen LogP contribution in [0.3, 0.4) is 0 Å². The van der Waals surface area contributed by atoms with Gasteiger partial charge in [0.25, 0.3) is 0 Å². The molecule has 5 nitrogen and oxygen atoms in total. The zero-order valence-corrected chi connectivity index (χ0v) is 25.4. The number of methoxy groups -OCH3 is 2. The molecular weight excluding hydrogens is 654 g/mol. The summed E-state index contributed by atoms with van der Waals surface area (Å²) in [7, 11) is 2.75. The molecule has 3 rings (SSSR count). The predicted molar refractivity (Wildman–Crippen MR) is 156 cm³/mol. The standard InChI is InChI=1S/C11H13BrO2.C10H12BrNO2.C7H7Br/c1-8(11(13)14-2)6-9-4-3-5-10(12)7-9;1-14-10(13)9(12)6-7-3-2-4-8(11)5-7;8-6-7-4-2-1-3-5-7/h3-5,7-8H,6H2,1-2H3;2-5,9H,6,12H2,1H3;1-5H,6H2/t8-;9-;/m00./s1. The molecule has 0 amide bonds. The summed E-state index contributed by atoms with van der Waals surface area (Å²) >= 11 is 10.1. The van der Waals surface area contributed by atoms with Gasteiger partial charge in [0.05, 0.1) is 20.1 Å². The van der Waals surface area contributed by atoms with Crippen LogP contribution in [-0.2, 0) is 37.2 Å². The number of benzene rings is 3. The summed E-state index contributed by atoms with van der Waals surface area (Å²) in [6.07, 6.45) is 1.21. The van der Waals surface area contributed by atoms with Gasteiger partial charge in [-0.3, -0.25) is 9.59 Å². The van der Waals surface area contributed by atoms with E-state index in [4.69, 9.17) is 5.73 Å². The fraction of sp³-hybridized carbons (Fsp3) is 0.286. The van der Waals surface area contributed by atoms with E-state index < -0.39 is 6.04 Å². The number of hydrogen-bond acceptors (Lipinski definition) is 5. The average Bonchev–Trinajstić information content (AvgIpc) is 2.89. The molecule has 2 atom stereocenters. The van der Waals surface area contributed by atoms with Crippen molar-refractivity contribution in [3.05, 3.63) is 104 Å².